The molecule has 0 aliphatic carbocycles. The van der Waals surface area contributed by atoms with Crippen molar-refractivity contribution in [1.29, 1.82) is 0 Å². The van der Waals surface area contributed by atoms with E-state index in [9.17, 15) is 4.57 Å². The van der Waals surface area contributed by atoms with Crippen LogP contribution >= 0.6 is 65.8 Å². The molecule has 0 spiro atoms. The molecule has 0 N–H and O–H groups in total. The summed E-state index contributed by atoms with van der Waals surface area (Å²) in [6, 6.07) is 0. The molecule has 0 radical (unpaired) electrons. The molecule has 0 heterocycles. The number of phosphoric acid groups is 1. The monoisotopic (exact) mass is 408 g/mol. The third-order valence-electron chi connectivity index (χ3n) is 2.15. The van der Waals surface area contributed by atoms with Gasteiger partial charge in [-0.2, -0.15) is 0 Å². The van der Waals surface area contributed by atoms with Gasteiger partial charge in [-0.05, 0) is 6.42 Å². The molecule has 1 atom stereocenters. The Bertz CT molecular complexity index is 242. The highest BCUT2D eigenvalue weighted by Crippen LogP contribution is 2.53. The van der Waals surface area contributed by atoms with E-state index in [-0.39, 0.29) is 29.4 Å². The highest BCUT2D eigenvalue weighted by molar-refractivity contribution is 7.48. The van der Waals surface area contributed by atoms with Crippen molar-refractivity contribution < 1.29 is 18.1 Å². The number of hydrogen-bond donors (Lipinski definition) is 0. The van der Waals surface area contributed by atoms with E-state index in [4.69, 9.17) is 71.6 Å². The van der Waals surface area contributed by atoms with Crippen LogP contribution in [-0.2, 0) is 18.1 Å². The lowest BCUT2D eigenvalue weighted by atomic mass is 10.3. The van der Waals surface area contributed by atoms with E-state index >= 15 is 0 Å². The van der Waals surface area contributed by atoms with Gasteiger partial charge in [-0.3, -0.25) is 13.6 Å². The molecule has 10 heteroatoms. The summed E-state index contributed by atoms with van der Waals surface area (Å²) in [5, 5.41) is 0. The van der Waals surface area contributed by atoms with E-state index in [1.54, 1.807) is 0 Å². The van der Waals surface area contributed by atoms with Crippen molar-refractivity contribution >= 4 is 65.8 Å². The summed E-state index contributed by atoms with van der Waals surface area (Å²) < 4.78 is 28.5. The molecule has 0 aromatic carbocycles. The maximum absolute atomic E-state index is 12.6. The van der Waals surface area contributed by atoms with Crippen molar-refractivity contribution in [1.82, 2.24) is 0 Å². The molecule has 4 nitrogen and oxygen atoms in total. The van der Waals surface area contributed by atoms with Gasteiger partial charge in [0.15, 0.2) is 0 Å². The predicted molar refractivity (Wildman–Crippen MR) is 86.1 cm³/mol. The molecule has 0 aliphatic heterocycles. The van der Waals surface area contributed by atoms with Crippen molar-refractivity contribution in [2.45, 2.75) is 31.7 Å². The topological polar surface area (TPSA) is 44.8 Å². The van der Waals surface area contributed by atoms with Crippen LogP contribution in [0.1, 0.15) is 13.3 Å². The first-order valence-electron chi connectivity index (χ1n) is 5.93. The van der Waals surface area contributed by atoms with Gasteiger partial charge in [-0.25, -0.2) is 4.57 Å². The molecule has 0 aromatic rings. The zero-order chi connectivity index (χ0) is 15.6. The first kappa shape index (κ1) is 21.6. The van der Waals surface area contributed by atoms with E-state index < -0.39 is 26.1 Å². The van der Waals surface area contributed by atoms with E-state index in [0.717, 1.165) is 0 Å². The van der Waals surface area contributed by atoms with E-state index in [1.807, 2.05) is 6.92 Å². The lowest BCUT2D eigenvalue weighted by Gasteiger charge is -2.27. The molecule has 1 unspecified atom stereocenters. The SMILES string of the molecule is CCC(CCl)OP(=O)(OC(CCl)CCl)OC(CCl)CCl. The number of rotatable bonds is 12. The Hall–Kier alpha value is 1.56. The van der Waals surface area contributed by atoms with E-state index in [2.05, 4.69) is 0 Å². The number of phosphoric ester groups is 1. The van der Waals surface area contributed by atoms with Crippen molar-refractivity contribution in [3.8, 4) is 0 Å². The second-order valence-electron chi connectivity index (χ2n) is 3.81. The third-order valence-corrected chi connectivity index (χ3v) is 5.54. The Morgan fingerprint density at radius 1 is 0.750 bits per heavy atom. The molecule has 122 valence electrons. The van der Waals surface area contributed by atoms with Gasteiger partial charge < -0.3 is 0 Å². The van der Waals surface area contributed by atoms with Gasteiger partial charge in [-0.15, -0.1) is 58.0 Å². The minimum atomic E-state index is -3.91. The number of alkyl halides is 5. The van der Waals surface area contributed by atoms with Crippen LogP contribution in [0.4, 0.5) is 0 Å². The highest BCUT2D eigenvalue weighted by atomic mass is 35.5. The van der Waals surface area contributed by atoms with Crippen LogP contribution in [0.3, 0.4) is 0 Å². The lowest BCUT2D eigenvalue weighted by molar-refractivity contribution is 0.0543. The zero-order valence-corrected chi connectivity index (χ0v) is 15.6. The summed E-state index contributed by atoms with van der Waals surface area (Å²) in [6.07, 6.45) is -1.30. The zero-order valence-electron chi connectivity index (χ0n) is 10.9. The van der Waals surface area contributed by atoms with Crippen LogP contribution in [0.15, 0.2) is 0 Å². The molecular weight excluding hydrogens is 392 g/mol. The van der Waals surface area contributed by atoms with E-state index in [1.165, 1.54) is 0 Å². The Morgan fingerprint density at radius 2 is 1.05 bits per heavy atom. The first-order valence-corrected chi connectivity index (χ1v) is 10.1. The van der Waals surface area contributed by atoms with Crippen LogP contribution in [0, 0.1) is 0 Å². The summed E-state index contributed by atoms with van der Waals surface area (Å²) in [5.41, 5.74) is 0. The Balaban J connectivity index is 4.95. The minimum absolute atomic E-state index is 0.0459. The van der Waals surface area contributed by atoms with Gasteiger partial charge in [0.25, 0.3) is 0 Å². The van der Waals surface area contributed by atoms with Crippen LogP contribution in [0.25, 0.3) is 0 Å². The summed E-state index contributed by atoms with van der Waals surface area (Å²) in [5.74, 6) is 0.329. The van der Waals surface area contributed by atoms with Crippen LogP contribution < -0.4 is 0 Å². The summed E-state index contributed by atoms with van der Waals surface area (Å²) in [6.45, 7) is 1.83. The number of halogens is 5. The molecule has 0 amide bonds. The Kier molecular flexibility index (Phi) is 13.0. The fourth-order valence-corrected chi connectivity index (χ4v) is 4.43. The largest absolute Gasteiger partial charge is 0.475 e. The predicted octanol–water partition coefficient (Wildman–Crippen LogP) is 4.85. The first-order chi connectivity index (χ1) is 9.48. The quantitative estimate of drug-likeness (QED) is 0.341. The molecule has 0 bridgehead atoms. The van der Waals surface area contributed by atoms with Crippen molar-refractivity contribution in [3.05, 3.63) is 0 Å². The van der Waals surface area contributed by atoms with Gasteiger partial charge in [0.05, 0.1) is 41.8 Å². The van der Waals surface area contributed by atoms with Gasteiger partial charge in [0, 0.05) is 5.88 Å². The van der Waals surface area contributed by atoms with Gasteiger partial charge in [0.1, 0.15) is 0 Å². The van der Waals surface area contributed by atoms with Gasteiger partial charge >= 0.3 is 7.82 Å². The second-order valence-corrected chi connectivity index (χ2v) is 6.88. The summed E-state index contributed by atoms with van der Waals surface area (Å²) in [4.78, 5) is 0. The molecular formula is C10H18Cl5O4P. The Morgan fingerprint density at radius 3 is 1.30 bits per heavy atom. The maximum atomic E-state index is 12.6. The average molecular weight is 410 g/mol. The van der Waals surface area contributed by atoms with Gasteiger partial charge in [0.2, 0.25) is 0 Å². The molecule has 20 heavy (non-hydrogen) atoms. The summed E-state index contributed by atoms with van der Waals surface area (Å²) >= 11 is 28.4. The molecule has 0 saturated heterocycles. The summed E-state index contributed by atoms with van der Waals surface area (Å²) in [7, 11) is -3.91. The third kappa shape index (κ3) is 8.26. The normalized spacial score (nSPS) is 14.2. The van der Waals surface area contributed by atoms with Gasteiger partial charge in [-0.1, -0.05) is 6.92 Å². The fraction of sp³-hybridized carbons (Fsp3) is 1.00. The van der Waals surface area contributed by atoms with Crippen LogP contribution in [-0.4, -0.2) is 47.7 Å². The van der Waals surface area contributed by atoms with Crippen LogP contribution in [0.2, 0.25) is 0 Å². The molecule has 0 rings (SSSR count). The standard InChI is InChI=1S/C10H18Cl5O4P/c1-2-8(3-11)17-20(16,18-9(4-12)5-13)19-10(6-14)7-15/h8-10H,2-7H2,1H3. The highest BCUT2D eigenvalue weighted by Gasteiger charge is 2.35. The molecule has 0 fully saturated rings. The fourth-order valence-electron chi connectivity index (χ4n) is 1.03. The molecule has 0 aliphatic rings. The van der Waals surface area contributed by atoms with Crippen molar-refractivity contribution in [2.75, 3.05) is 29.4 Å². The molecule has 0 aromatic heterocycles. The maximum Gasteiger partial charge on any atom is 0.475 e. The number of hydrogen-bond acceptors (Lipinski definition) is 4. The smallest absolute Gasteiger partial charge is 0.282 e. The van der Waals surface area contributed by atoms with Crippen molar-refractivity contribution in [3.63, 3.8) is 0 Å². The Labute approximate surface area is 144 Å². The van der Waals surface area contributed by atoms with E-state index in [0.29, 0.717) is 6.42 Å². The minimum Gasteiger partial charge on any atom is -0.282 e. The second kappa shape index (κ2) is 12.0. The average Bonchev–Trinajstić information content (AvgIpc) is 2.48. The molecule has 0 saturated carbocycles. The van der Waals surface area contributed by atoms with Crippen molar-refractivity contribution in [2.24, 2.45) is 0 Å². The lowest BCUT2D eigenvalue weighted by Crippen LogP contribution is -2.24. The van der Waals surface area contributed by atoms with Crippen LogP contribution in [0.5, 0.6) is 0 Å².